The zero-order valence-corrected chi connectivity index (χ0v) is 12.5. The lowest BCUT2D eigenvalue weighted by Gasteiger charge is -2.15. The Balaban J connectivity index is 2.66. The van der Waals surface area contributed by atoms with Crippen molar-refractivity contribution in [2.75, 3.05) is 13.7 Å². The van der Waals surface area contributed by atoms with Gasteiger partial charge in [-0.25, -0.2) is 4.79 Å². The molecular weight excluding hydrogens is 333 g/mol. The minimum Gasteiger partial charge on any atom is -0.497 e. The Morgan fingerprint density at radius 1 is 1.17 bits per heavy atom. The minimum atomic E-state index is -4.60. The van der Waals surface area contributed by atoms with Crippen molar-refractivity contribution in [1.29, 1.82) is 0 Å². The molecule has 7 nitrogen and oxygen atoms in total. The molecule has 0 saturated heterocycles. The Hall–Kier alpha value is -2.78. The summed E-state index contributed by atoms with van der Waals surface area (Å²) >= 11 is 0. The molecule has 0 aliphatic carbocycles. The Morgan fingerprint density at radius 3 is 2.21 bits per heavy atom. The molecule has 10 heteroatoms. The second kappa shape index (κ2) is 8.18. The van der Waals surface area contributed by atoms with Crippen molar-refractivity contribution in [3.63, 3.8) is 0 Å². The molecule has 0 aliphatic rings. The number of amides is 2. The number of carbonyl (C=O) groups excluding carboxylic acids is 2. The summed E-state index contributed by atoms with van der Waals surface area (Å²) < 4.78 is 40.8. The van der Waals surface area contributed by atoms with Crippen LogP contribution in [0.2, 0.25) is 0 Å². The molecule has 1 aromatic rings. The first-order valence-electron chi connectivity index (χ1n) is 6.62. The molecule has 132 valence electrons. The van der Waals surface area contributed by atoms with E-state index in [1.807, 2.05) is 0 Å². The number of rotatable bonds is 7. The van der Waals surface area contributed by atoms with E-state index < -0.39 is 43.0 Å². The highest BCUT2D eigenvalue weighted by Crippen LogP contribution is 2.18. The van der Waals surface area contributed by atoms with Crippen LogP contribution in [0.5, 0.6) is 5.75 Å². The first kappa shape index (κ1) is 19.3. The second-order valence-corrected chi connectivity index (χ2v) is 4.68. The zero-order chi connectivity index (χ0) is 18.3. The van der Waals surface area contributed by atoms with Crippen molar-refractivity contribution in [3.8, 4) is 5.75 Å². The quantitative estimate of drug-likeness (QED) is 0.638. The topological polar surface area (TPSA) is 105 Å². The Morgan fingerprint density at radius 2 is 1.75 bits per heavy atom. The van der Waals surface area contributed by atoms with Crippen LogP contribution >= 0.6 is 0 Å². The third-order valence-corrected chi connectivity index (χ3v) is 2.81. The summed E-state index contributed by atoms with van der Waals surface area (Å²) in [5.41, 5.74) is 0.215. The van der Waals surface area contributed by atoms with Gasteiger partial charge in [-0.3, -0.25) is 9.59 Å². The fourth-order valence-corrected chi connectivity index (χ4v) is 1.70. The Labute approximate surface area is 134 Å². The number of benzene rings is 1. The van der Waals surface area contributed by atoms with E-state index >= 15 is 0 Å². The molecule has 2 amide bonds. The number of methoxy groups -OCH3 is 1. The number of hydrogen-bond acceptors (Lipinski definition) is 4. The van der Waals surface area contributed by atoms with Crippen LogP contribution in [0.15, 0.2) is 24.3 Å². The van der Waals surface area contributed by atoms with Gasteiger partial charge in [0, 0.05) is 0 Å². The van der Waals surface area contributed by atoms with Gasteiger partial charge >= 0.3 is 12.1 Å². The van der Waals surface area contributed by atoms with Crippen molar-refractivity contribution >= 4 is 17.8 Å². The molecule has 24 heavy (non-hydrogen) atoms. The highest BCUT2D eigenvalue weighted by molar-refractivity contribution is 5.98. The summed E-state index contributed by atoms with van der Waals surface area (Å²) in [5, 5.41) is 12.7. The van der Waals surface area contributed by atoms with Gasteiger partial charge in [-0.05, 0) is 17.7 Å². The van der Waals surface area contributed by atoms with Gasteiger partial charge in [-0.15, -0.1) is 0 Å². The number of nitrogens with one attached hydrogen (secondary N) is 2. The fourth-order valence-electron chi connectivity index (χ4n) is 1.70. The van der Waals surface area contributed by atoms with E-state index in [0.717, 1.165) is 0 Å². The molecule has 0 heterocycles. The maximum Gasteiger partial charge on any atom is 0.405 e. The van der Waals surface area contributed by atoms with Gasteiger partial charge in [-0.2, -0.15) is 13.2 Å². The SMILES string of the molecule is COc1ccc(C(NC(=O)CC(=O)NCC(F)(F)F)C(=O)O)cc1. The number of alkyl halides is 3. The first-order chi connectivity index (χ1) is 11.1. The number of carboxylic acids is 1. The van der Waals surface area contributed by atoms with Crippen LogP contribution in [-0.4, -0.2) is 42.7 Å². The molecule has 0 spiro atoms. The van der Waals surface area contributed by atoms with Crippen LogP contribution in [0.25, 0.3) is 0 Å². The van der Waals surface area contributed by atoms with Crippen LogP contribution in [0.4, 0.5) is 13.2 Å². The van der Waals surface area contributed by atoms with Crippen molar-refractivity contribution in [2.45, 2.75) is 18.6 Å². The Kier molecular flexibility index (Phi) is 6.57. The summed E-state index contributed by atoms with van der Waals surface area (Å²) in [7, 11) is 1.42. The Bertz CT molecular complexity index is 601. The number of carboxylic acid groups (broad SMARTS) is 1. The molecule has 1 aromatic carbocycles. The van der Waals surface area contributed by atoms with E-state index in [1.54, 1.807) is 0 Å². The molecule has 0 fully saturated rings. The highest BCUT2D eigenvalue weighted by atomic mass is 19.4. The van der Waals surface area contributed by atoms with Gasteiger partial charge < -0.3 is 20.5 Å². The molecule has 0 aliphatic heterocycles. The predicted octanol–water partition coefficient (Wildman–Crippen LogP) is 1.01. The minimum absolute atomic E-state index is 0.215. The van der Waals surface area contributed by atoms with Crippen LogP contribution in [0, 0.1) is 0 Å². The van der Waals surface area contributed by atoms with Crippen LogP contribution in [-0.2, 0) is 14.4 Å². The van der Waals surface area contributed by atoms with E-state index in [1.165, 1.54) is 36.7 Å². The van der Waals surface area contributed by atoms with Crippen molar-refractivity contribution in [1.82, 2.24) is 10.6 Å². The van der Waals surface area contributed by atoms with E-state index in [-0.39, 0.29) is 5.56 Å². The lowest BCUT2D eigenvalue weighted by molar-refractivity contribution is -0.144. The second-order valence-electron chi connectivity index (χ2n) is 4.68. The van der Waals surface area contributed by atoms with Gasteiger partial charge in [0.25, 0.3) is 0 Å². The molecule has 0 saturated carbocycles. The lowest BCUT2D eigenvalue weighted by atomic mass is 10.1. The smallest absolute Gasteiger partial charge is 0.405 e. The van der Waals surface area contributed by atoms with Gasteiger partial charge in [0.2, 0.25) is 11.8 Å². The molecule has 0 radical (unpaired) electrons. The average molecular weight is 348 g/mol. The summed E-state index contributed by atoms with van der Waals surface area (Å²) in [5.74, 6) is -3.09. The summed E-state index contributed by atoms with van der Waals surface area (Å²) in [6.45, 7) is -1.57. The third kappa shape index (κ3) is 6.55. The fraction of sp³-hybridized carbons (Fsp3) is 0.357. The van der Waals surface area contributed by atoms with Crippen LogP contribution in [0.1, 0.15) is 18.0 Å². The predicted molar refractivity (Wildman–Crippen MR) is 75.2 cm³/mol. The summed E-state index contributed by atoms with van der Waals surface area (Å²) in [4.78, 5) is 34.1. The van der Waals surface area contributed by atoms with Crippen LogP contribution < -0.4 is 15.4 Å². The average Bonchev–Trinajstić information content (AvgIpc) is 2.50. The zero-order valence-electron chi connectivity index (χ0n) is 12.5. The molecule has 1 atom stereocenters. The summed E-state index contributed by atoms with van der Waals surface area (Å²) in [6, 6.07) is 4.32. The monoisotopic (exact) mass is 348 g/mol. The van der Waals surface area contributed by atoms with Crippen molar-refractivity contribution < 1.29 is 37.4 Å². The number of hydrogen-bond donors (Lipinski definition) is 3. The normalized spacial score (nSPS) is 12.2. The summed E-state index contributed by atoms with van der Waals surface area (Å²) in [6.07, 6.45) is -5.52. The number of ether oxygens (including phenoxy) is 1. The third-order valence-electron chi connectivity index (χ3n) is 2.81. The molecule has 3 N–H and O–H groups in total. The van der Waals surface area contributed by atoms with Crippen molar-refractivity contribution in [2.24, 2.45) is 0 Å². The highest BCUT2D eigenvalue weighted by Gasteiger charge is 2.28. The van der Waals surface area contributed by atoms with Crippen LogP contribution in [0.3, 0.4) is 0 Å². The van der Waals surface area contributed by atoms with Gasteiger partial charge in [0.15, 0.2) is 6.04 Å². The molecule has 1 rings (SSSR count). The van der Waals surface area contributed by atoms with Gasteiger partial charge in [0.1, 0.15) is 18.7 Å². The number of halogens is 3. The standard InChI is InChI=1S/C14H15F3N2O5/c1-24-9-4-2-8(3-5-9)12(13(22)23)19-11(21)6-10(20)18-7-14(15,16)17/h2-5,12H,6-7H2,1H3,(H,18,20)(H,19,21)(H,22,23). The largest absolute Gasteiger partial charge is 0.497 e. The maximum atomic E-state index is 11.9. The molecule has 0 bridgehead atoms. The van der Waals surface area contributed by atoms with E-state index in [9.17, 15) is 27.6 Å². The van der Waals surface area contributed by atoms with E-state index in [4.69, 9.17) is 9.84 Å². The first-order valence-corrected chi connectivity index (χ1v) is 6.62. The molecule has 1 unspecified atom stereocenters. The maximum absolute atomic E-state index is 11.9. The molecular formula is C14H15F3N2O5. The molecule has 0 aromatic heterocycles. The van der Waals surface area contributed by atoms with Gasteiger partial charge in [-0.1, -0.05) is 12.1 Å². The van der Waals surface area contributed by atoms with E-state index in [0.29, 0.717) is 5.75 Å². The number of aliphatic carboxylic acids is 1. The van der Waals surface area contributed by atoms with Crippen molar-refractivity contribution in [3.05, 3.63) is 29.8 Å². The number of carbonyl (C=O) groups is 3. The van der Waals surface area contributed by atoms with E-state index in [2.05, 4.69) is 5.32 Å². The van der Waals surface area contributed by atoms with Gasteiger partial charge in [0.05, 0.1) is 7.11 Å². The lowest BCUT2D eigenvalue weighted by Crippen LogP contribution is -2.39.